The molecule has 1 atom stereocenters. The Morgan fingerprint density at radius 1 is 0.969 bits per heavy atom. The molecule has 0 aliphatic carbocycles. The molecule has 0 saturated carbocycles. The second kappa shape index (κ2) is 10.3. The van der Waals surface area contributed by atoms with E-state index in [9.17, 15) is 21.6 Å². The van der Waals surface area contributed by atoms with Crippen molar-refractivity contribution in [2.45, 2.75) is 31.8 Å². The van der Waals surface area contributed by atoms with Crippen molar-refractivity contribution in [2.75, 3.05) is 36.0 Å². The van der Waals surface area contributed by atoms with Crippen LogP contribution in [0.5, 0.6) is 5.75 Å². The number of nitrogens with one attached hydrogen (secondary N) is 1. The highest BCUT2D eigenvalue weighted by atomic mass is 32.2. The fraction of sp³-hybridized carbons (Fsp3) is 0.381. The van der Waals surface area contributed by atoms with Crippen LogP contribution in [0, 0.1) is 0 Å². The molecular weight excluding hydrogens is 454 g/mol. The van der Waals surface area contributed by atoms with E-state index in [1.807, 2.05) is 0 Å². The van der Waals surface area contributed by atoms with Crippen LogP contribution in [0.2, 0.25) is 0 Å². The van der Waals surface area contributed by atoms with Crippen molar-refractivity contribution in [1.82, 2.24) is 4.31 Å². The van der Waals surface area contributed by atoms with Crippen molar-refractivity contribution in [3.63, 3.8) is 0 Å². The summed E-state index contributed by atoms with van der Waals surface area (Å²) in [5, 5.41) is 2.69. The molecule has 0 unspecified atom stereocenters. The molecule has 32 heavy (non-hydrogen) atoms. The summed E-state index contributed by atoms with van der Waals surface area (Å²) in [6, 6.07) is 12.3. The summed E-state index contributed by atoms with van der Waals surface area (Å²) in [4.78, 5) is 12.6. The molecule has 0 saturated heterocycles. The van der Waals surface area contributed by atoms with Crippen LogP contribution in [0.1, 0.15) is 20.8 Å². The highest BCUT2D eigenvalue weighted by Gasteiger charge is 2.22. The Morgan fingerprint density at radius 3 is 1.97 bits per heavy atom. The molecule has 11 heteroatoms. The summed E-state index contributed by atoms with van der Waals surface area (Å²) in [5.41, 5.74) is 0.908. The van der Waals surface area contributed by atoms with Gasteiger partial charge in [0.15, 0.2) is 6.10 Å². The lowest BCUT2D eigenvalue weighted by molar-refractivity contribution is -0.122. The SMILES string of the molecule is CCN(CC)S(=O)(=O)c1ccc(NC(=O)[C@@H](C)Oc2ccc(N(C)S(C)(=O)=O)cc2)cc1. The number of carbonyl (C=O) groups excluding carboxylic acids is 1. The second-order valence-electron chi connectivity index (χ2n) is 7.09. The maximum atomic E-state index is 12.5. The zero-order valence-electron chi connectivity index (χ0n) is 18.8. The van der Waals surface area contributed by atoms with E-state index in [1.54, 1.807) is 45.0 Å². The van der Waals surface area contributed by atoms with Gasteiger partial charge in [-0.15, -0.1) is 0 Å². The number of hydrogen-bond donors (Lipinski definition) is 1. The van der Waals surface area contributed by atoms with E-state index in [1.165, 1.54) is 35.6 Å². The molecule has 0 aliphatic rings. The van der Waals surface area contributed by atoms with Gasteiger partial charge in [0, 0.05) is 25.8 Å². The Kier molecular flexibility index (Phi) is 8.27. The lowest BCUT2D eigenvalue weighted by atomic mass is 10.3. The van der Waals surface area contributed by atoms with Gasteiger partial charge >= 0.3 is 0 Å². The fourth-order valence-electron chi connectivity index (χ4n) is 2.85. The molecule has 1 amide bonds. The molecule has 9 nitrogen and oxygen atoms in total. The van der Waals surface area contributed by atoms with Crippen LogP contribution in [0.4, 0.5) is 11.4 Å². The first-order valence-electron chi connectivity index (χ1n) is 10.0. The van der Waals surface area contributed by atoms with Crippen LogP contribution in [0.3, 0.4) is 0 Å². The van der Waals surface area contributed by atoms with Gasteiger partial charge in [-0.1, -0.05) is 13.8 Å². The molecular formula is C21H29N3O6S2. The molecule has 2 rings (SSSR count). The fourth-order valence-corrected chi connectivity index (χ4v) is 4.81. The third-order valence-corrected chi connectivity index (χ3v) is 8.11. The molecule has 0 fully saturated rings. The van der Waals surface area contributed by atoms with E-state index in [0.29, 0.717) is 30.2 Å². The van der Waals surface area contributed by atoms with Crippen LogP contribution < -0.4 is 14.4 Å². The number of ether oxygens (including phenoxy) is 1. The normalized spacial score (nSPS) is 12.9. The maximum absolute atomic E-state index is 12.5. The molecule has 0 aliphatic heterocycles. The van der Waals surface area contributed by atoms with E-state index in [0.717, 1.165) is 10.6 Å². The van der Waals surface area contributed by atoms with Crippen molar-refractivity contribution in [3.8, 4) is 5.75 Å². The molecule has 176 valence electrons. The first-order valence-corrected chi connectivity index (χ1v) is 13.3. The molecule has 0 bridgehead atoms. The number of anilines is 2. The molecule has 2 aromatic carbocycles. The third kappa shape index (κ3) is 6.21. The van der Waals surface area contributed by atoms with Gasteiger partial charge in [-0.3, -0.25) is 9.10 Å². The summed E-state index contributed by atoms with van der Waals surface area (Å²) in [5.74, 6) is -0.0133. The number of carbonyl (C=O) groups is 1. The van der Waals surface area contributed by atoms with Crippen LogP contribution >= 0.6 is 0 Å². The van der Waals surface area contributed by atoms with Gasteiger partial charge < -0.3 is 10.1 Å². The number of amides is 1. The number of benzene rings is 2. The zero-order valence-corrected chi connectivity index (χ0v) is 20.4. The van der Waals surface area contributed by atoms with Crippen molar-refractivity contribution in [2.24, 2.45) is 0 Å². The third-order valence-electron chi connectivity index (χ3n) is 4.84. The Balaban J connectivity index is 2.02. The summed E-state index contributed by atoms with van der Waals surface area (Å²) in [6.45, 7) is 5.86. The van der Waals surface area contributed by atoms with Crippen molar-refractivity contribution < 1.29 is 26.4 Å². The van der Waals surface area contributed by atoms with Gasteiger partial charge in [-0.05, 0) is 55.5 Å². The van der Waals surface area contributed by atoms with Gasteiger partial charge in [0.2, 0.25) is 20.0 Å². The van der Waals surface area contributed by atoms with Crippen molar-refractivity contribution in [1.29, 1.82) is 0 Å². The predicted octanol–water partition coefficient (Wildman–Crippen LogP) is 2.52. The lowest BCUT2D eigenvalue weighted by Gasteiger charge is -2.19. The summed E-state index contributed by atoms with van der Waals surface area (Å²) >= 11 is 0. The lowest BCUT2D eigenvalue weighted by Crippen LogP contribution is -2.31. The Labute approximate surface area is 190 Å². The minimum absolute atomic E-state index is 0.155. The number of nitrogens with zero attached hydrogens (tertiary/aromatic N) is 2. The zero-order chi connectivity index (χ0) is 24.1. The van der Waals surface area contributed by atoms with E-state index in [-0.39, 0.29) is 4.90 Å². The molecule has 2 aromatic rings. The summed E-state index contributed by atoms with van der Waals surface area (Å²) < 4.78 is 56.4. The maximum Gasteiger partial charge on any atom is 0.265 e. The Hall–Kier alpha value is -2.63. The monoisotopic (exact) mass is 483 g/mol. The molecule has 0 radical (unpaired) electrons. The standard InChI is InChI=1S/C21H29N3O6S2/c1-6-24(7-2)32(28,29)20-14-8-17(9-15-20)22-21(25)16(3)30-19-12-10-18(11-13-19)23(4)31(5,26)27/h8-16H,6-7H2,1-5H3,(H,22,25)/t16-/m1/s1. The quantitative estimate of drug-likeness (QED) is 0.556. The number of sulfonamides is 2. The minimum atomic E-state index is -3.57. The average molecular weight is 484 g/mol. The first kappa shape index (κ1) is 25.6. The van der Waals surface area contributed by atoms with E-state index in [4.69, 9.17) is 4.74 Å². The van der Waals surface area contributed by atoms with Gasteiger partial charge in [0.25, 0.3) is 5.91 Å². The van der Waals surface area contributed by atoms with Crippen molar-refractivity contribution in [3.05, 3.63) is 48.5 Å². The van der Waals surface area contributed by atoms with Crippen molar-refractivity contribution >= 4 is 37.3 Å². The molecule has 0 aromatic heterocycles. The van der Waals surface area contributed by atoms with E-state index < -0.39 is 32.1 Å². The summed E-state index contributed by atoms with van der Waals surface area (Å²) in [6.07, 6.45) is 0.266. The minimum Gasteiger partial charge on any atom is -0.481 e. The molecule has 1 N–H and O–H groups in total. The average Bonchev–Trinajstić information content (AvgIpc) is 2.74. The van der Waals surface area contributed by atoms with Crippen LogP contribution in [-0.4, -0.2) is 59.5 Å². The number of rotatable bonds is 10. The highest BCUT2D eigenvalue weighted by molar-refractivity contribution is 7.92. The number of hydrogen-bond acceptors (Lipinski definition) is 6. The first-order chi connectivity index (χ1) is 14.9. The largest absolute Gasteiger partial charge is 0.481 e. The van der Waals surface area contributed by atoms with Gasteiger partial charge in [0.1, 0.15) is 5.75 Å². The Bertz CT molecular complexity index is 1130. The summed E-state index contributed by atoms with van der Waals surface area (Å²) in [7, 11) is -5.50. The van der Waals surface area contributed by atoms with Gasteiger partial charge in [-0.25, -0.2) is 16.8 Å². The van der Waals surface area contributed by atoms with Gasteiger partial charge in [-0.2, -0.15) is 4.31 Å². The smallest absolute Gasteiger partial charge is 0.265 e. The van der Waals surface area contributed by atoms with E-state index >= 15 is 0 Å². The highest BCUT2D eigenvalue weighted by Crippen LogP contribution is 2.22. The Morgan fingerprint density at radius 2 is 1.50 bits per heavy atom. The van der Waals surface area contributed by atoms with E-state index in [2.05, 4.69) is 5.32 Å². The second-order valence-corrected chi connectivity index (χ2v) is 11.0. The molecule has 0 heterocycles. The van der Waals surface area contributed by atoms with Crippen LogP contribution in [0.25, 0.3) is 0 Å². The molecule has 0 spiro atoms. The van der Waals surface area contributed by atoms with Crippen LogP contribution in [-0.2, 0) is 24.8 Å². The van der Waals surface area contributed by atoms with Gasteiger partial charge in [0.05, 0.1) is 16.8 Å². The predicted molar refractivity (Wildman–Crippen MR) is 125 cm³/mol. The van der Waals surface area contributed by atoms with Crippen LogP contribution in [0.15, 0.2) is 53.4 Å². The topological polar surface area (TPSA) is 113 Å².